The zero-order chi connectivity index (χ0) is 14.0. The summed E-state index contributed by atoms with van der Waals surface area (Å²) in [6, 6.07) is 10.7. The third kappa shape index (κ3) is 4.36. The van der Waals surface area contributed by atoms with Crippen LogP contribution in [-0.4, -0.2) is 40.6 Å². The molecule has 0 aliphatic heterocycles. The minimum atomic E-state index is -1.01. The maximum absolute atomic E-state index is 11.2. The number of carbonyl (C=O) groups is 1. The molecule has 3 nitrogen and oxygen atoms in total. The molecular weight excluding hydrogens is 400 g/mol. The van der Waals surface area contributed by atoms with E-state index in [1.54, 1.807) is 12.1 Å². The van der Waals surface area contributed by atoms with Crippen LogP contribution in [0.2, 0.25) is 5.02 Å². The monoisotopic (exact) mass is 411 g/mol. The van der Waals surface area contributed by atoms with Crippen LogP contribution >= 0.6 is 34.2 Å². The molecule has 0 aromatic heterocycles. The fraction of sp³-hybridized carbons (Fsp3) is 0.0714. The Bertz CT molecular complexity index is 649. The summed E-state index contributed by atoms with van der Waals surface area (Å²) in [5.41, 5.74) is 2.62. The summed E-state index contributed by atoms with van der Waals surface area (Å²) in [5, 5.41) is 12.7. The molecule has 0 saturated heterocycles. The molecule has 2 N–H and O–H groups in total. The van der Waals surface area contributed by atoms with E-state index in [-0.39, 0.29) is 35.1 Å². The van der Waals surface area contributed by atoms with E-state index in [0.29, 0.717) is 10.7 Å². The van der Waals surface area contributed by atoms with Gasteiger partial charge in [-0.25, -0.2) is 4.79 Å². The van der Waals surface area contributed by atoms with Crippen molar-refractivity contribution in [3.8, 4) is 0 Å². The summed E-state index contributed by atoms with van der Waals surface area (Å²) < 4.78 is 1.13. The van der Waals surface area contributed by atoms with Crippen LogP contribution in [0, 0.1) is 10.5 Å². The van der Waals surface area contributed by atoms with E-state index < -0.39 is 5.97 Å². The molecule has 20 heavy (non-hydrogen) atoms. The fourth-order valence-corrected chi connectivity index (χ4v) is 2.53. The molecule has 2 rings (SSSR count). The first-order chi connectivity index (χ1) is 8.97. The summed E-state index contributed by atoms with van der Waals surface area (Å²) >= 11 is 8.06. The Morgan fingerprint density at radius 3 is 2.45 bits per heavy atom. The van der Waals surface area contributed by atoms with Crippen LogP contribution < -0.4 is 5.32 Å². The first-order valence-corrected chi connectivity index (χ1v) is 6.99. The summed E-state index contributed by atoms with van der Waals surface area (Å²) in [4.78, 5) is 11.2. The van der Waals surface area contributed by atoms with E-state index in [9.17, 15) is 9.90 Å². The molecule has 2 aromatic carbocycles. The number of carboxylic acids is 1. The zero-order valence-corrected chi connectivity index (χ0v) is 13.0. The van der Waals surface area contributed by atoms with Gasteiger partial charge in [-0.05, 0) is 71.5 Å². The van der Waals surface area contributed by atoms with Crippen LogP contribution in [0.15, 0.2) is 36.4 Å². The molecule has 0 unspecified atom stereocenters. The Hall–Kier alpha value is -0.270. The van der Waals surface area contributed by atoms with Crippen molar-refractivity contribution in [3.05, 3.63) is 56.1 Å². The number of rotatable bonds is 3. The van der Waals surface area contributed by atoms with Crippen molar-refractivity contribution in [2.45, 2.75) is 6.92 Å². The van der Waals surface area contributed by atoms with E-state index in [1.165, 1.54) is 6.07 Å². The molecule has 2 aromatic rings. The minimum absolute atomic E-state index is 0. The number of benzene rings is 2. The summed E-state index contributed by atoms with van der Waals surface area (Å²) in [5.74, 6) is -1.01. The molecule has 0 amide bonds. The van der Waals surface area contributed by atoms with Gasteiger partial charge < -0.3 is 10.4 Å². The van der Waals surface area contributed by atoms with Gasteiger partial charge >= 0.3 is 35.5 Å². The van der Waals surface area contributed by atoms with Crippen molar-refractivity contribution in [2.24, 2.45) is 0 Å². The van der Waals surface area contributed by atoms with Gasteiger partial charge in [0.05, 0.1) is 11.3 Å². The van der Waals surface area contributed by atoms with Crippen LogP contribution in [0.1, 0.15) is 15.9 Å². The molecule has 0 fully saturated rings. The third-order valence-electron chi connectivity index (χ3n) is 2.67. The Labute approximate surface area is 158 Å². The first-order valence-electron chi connectivity index (χ1n) is 5.53. The van der Waals surface area contributed by atoms with Crippen molar-refractivity contribution in [3.63, 3.8) is 0 Å². The van der Waals surface area contributed by atoms with E-state index >= 15 is 0 Å². The molecule has 0 atom stereocenters. The van der Waals surface area contributed by atoms with Gasteiger partial charge in [-0.1, -0.05) is 11.6 Å². The van der Waals surface area contributed by atoms with E-state index in [1.807, 2.05) is 25.1 Å². The molecule has 100 valence electrons. The van der Waals surface area contributed by atoms with Crippen LogP contribution in [-0.2, 0) is 0 Å². The number of nitrogens with one attached hydrogen (secondary N) is 1. The van der Waals surface area contributed by atoms with Crippen LogP contribution in [0.3, 0.4) is 0 Å². The number of hydrogen-bond donors (Lipinski definition) is 2. The molecule has 0 bridgehead atoms. The quantitative estimate of drug-likeness (QED) is 0.592. The average molecular weight is 412 g/mol. The number of anilines is 2. The summed E-state index contributed by atoms with van der Waals surface area (Å²) in [7, 11) is 0. The van der Waals surface area contributed by atoms with Crippen molar-refractivity contribution < 1.29 is 9.90 Å². The third-order valence-corrected chi connectivity index (χ3v) is 3.58. The number of hydrogen-bond acceptors (Lipinski definition) is 2. The van der Waals surface area contributed by atoms with Gasteiger partial charge in [0.15, 0.2) is 0 Å². The number of aromatic carboxylic acids is 1. The Balaban J connectivity index is 0.00000200. The predicted octanol–water partition coefficient (Wildman–Crippen LogP) is 4.05. The topological polar surface area (TPSA) is 49.3 Å². The number of carboxylic acid groups (broad SMARTS) is 1. The van der Waals surface area contributed by atoms with Gasteiger partial charge in [-0.3, -0.25) is 0 Å². The second-order valence-corrected chi connectivity index (χ2v) is 5.76. The van der Waals surface area contributed by atoms with E-state index in [4.69, 9.17) is 11.6 Å². The number of aryl methyl sites for hydroxylation is 1. The summed E-state index contributed by atoms with van der Waals surface area (Å²) in [6.45, 7) is 1.97. The van der Waals surface area contributed by atoms with Gasteiger partial charge in [0.2, 0.25) is 0 Å². The second-order valence-electron chi connectivity index (χ2n) is 4.08. The van der Waals surface area contributed by atoms with Crippen LogP contribution in [0.4, 0.5) is 11.4 Å². The van der Waals surface area contributed by atoms with Crippen molar-refractivity contribution >= 4 is 81.1 Å². The maximum atomic E-state index is 11.2. The normalized spacial score (nSPS) is 9.75. The van der Waals surface area contributed by atoms with Gasteiger partial charge in [-0.15, -0.1) is 0 Å². The van der Waals surface area contributed by atoms with Crippen molar-refractivity contribution in [2.75, 3.05) is 5.32 Å². The van der Waals surface area contributed by atoms with Gasteiger partial charge in [-0.2, -0.15) is 0 Å². The van der Waals surface area contributed by atoms with E-state index in [0.717, 1.165) is 14.8 Å². The Morgan fingerprint density at radius 2 is 1.85 bits per heavy atom. The van der Waals surface area contributed by atoms with Crippen LogP contribution in [0.5, 0.6) is 0 Å². The molecule has 0 radical (unpaired) electrons. The van der Waals surface area contributed by atoms with E-state index in [2.05, 4.69) is 27.9 Å². The average Bonchev–Trinajstić information content (AvgIpc) is 2.34. The number of halogens is 2. The molecule has 0 aliphatic rings. The fourth-order valence-electron chi connectivity index (χ4n) is 1.71. The zero-order valence-electron chi connectivity index (χ0n) is 10.1. The summed E-state index contributed by atoms with van der Waals surface area (Å²) in [6.07, 6.45) is 0. The predicted molar refractivity (Wildman–Crippen MR) is 92.7 cm³/mol. The molecule has 0 aliphatic carbocycles. The molecule has 0 spiro atoms. The Morgan fingerprint density at radius 1 is 1.20 bits per heavy atom. The van der Waals surface area contributed by atoms with Crippen molar-refractivity contribution in [1.29, 1.82) is 0 Å². The molecule has 6 heteroatoms. The molecule has 0 heterocycles. The Kier molecular flexibility index (Phi) is 6.81. The van der Waals surface area contributed by atoms with Gasteiger partial charge in [0.1, 0.15) is 0 Å². The first kappa shape index (κ1) is 17.8. The molecule has 0 saturated carbocycles. The van der Waals surface area contributed by atoms with Gasteiger partial charge in [0, 0.05) is 14.3 Å². The van der Waals surface area contributed by atoms with Crippen LogP contribution in [0.25, 0.3) is 0 Å². The second kappa shape index (κ2) is 7.66. The SMILES string of the molecule is Cc1cc(I)ccc1Nc1ccc(Cl)cc1C(=O)O.[NaH]. The standard InChI is InChI=1S/C14H11ClINO2.Na.H/c1-8-6-10(16)3-5-12(8)17-13-4-2-9(15)7-11(13)14(18)19;;/h2-7,17H,1H3,(H,18,19);;. The van der Waals surface area contributed by atoms with Gasteiger partial charge in [0.25, 0.3) is 0 Å². The van der Waals surface area contributed by atoms with Crippen molar-refractivity contribution in [1.82, 2.24) is 0 Å². The molecular formula is C14H12ClINNaO2.